The molecule has 0 saturated carbocycles. The number of rotatable bonds is 5. The predicted molar refractivity (Wildman–Crippen MR) is 105 cm³/mol. The van der Waals surface area contributed by atoms with Crippen LogP contribution < -0.4 is 0 Å². The maximum absolute atomic E-state index is 2.55. The van der Waals surface area contributed by atoms with Crippen molar-refractivity contribution in [3.63, 3.8) is 0 Å². The van der Waals surface area contributed by atoms with Gasteiger partial charge in [0.1, 0.15) is 0 Å². The van der Waals surface area contributed by atoms with Crippen molar-refractivity contribution in [3.8, 4) is 0 Å². The standard InChI is InChI=1S/C10H15.2C7H7.Zr/c1-6-7(2)9(4)10(5)8(6)3;2*1-7-5-3-2-4-6-7;/h1-5H3;2*2-6H,1H2;. The van der Waals surface area contributed by atoms with Crippen LogP contribution >= 0.6 is 0 Å². The molecule has 1 heteroatoms. The molecule has 0 aliphatic heterocycles. The Labute approximate surface area is 161 Å². The summed E-state index contributed by atoms with van der Waals surface area (Å²) < 4.78 is 2.95. The number of hydrogen-bond donors (Lipinski definition) is 0. The van der Waals surface area contributed by atoms with Crippen LogP contribution in [0.15, 0.2) is 83.0 Å². The molecule has 1 aliphatic carbocycles. The molecule has 0 aromatic heterocycles. The molecule has 2 aromatic carbocycles. The van der Waals surface area contributed by atoms with Gasteiger partial charge in [0.15, 0.2) is 0 Å². The maximum atomic E-state index is 2.55. The molecule has 0 radical (unpaired) electrons. The van der Waals surface area contributed by atoms with Gasteiger partial charge in [-0.15, -0.1) is 0 Å². The zero-order valence-electron chi connectivity index (χ0n) is 16.2. The van der Waals surface area contributed by atoms with Crippen molar-refractivity contribution in [2.75, 3.05) is 0 Å². The van der Waals surface area contributed by atoms with E-state index in [1.165, 1.54) is 19.4 Å². The molecule has 0 nitrogen and oxygen atoms in total. The first-order valence-corrected chi connectivity index (χ1v) is 13.9. The molecule has 0 heterocycles. The molecule has 3 rings (SSSR count). The molecule has 0 N–H and O–H groups in total. The van der Waals surface area contributed by atoms with E-state index in [0.29, 0.717) is 3.12 Å². The topological polar surface area (TPSA) is 0 Å². The molecule has 25 heavy (non-hydrogen) atoms. The fourth-order valence-corrected chi connectivity index (χ4v) is 13.4. The first-order valence-electron chi connectivity index (χ1n) is 9.24. The van der Waals surface area contributed by atoms with Gasteiger partial charge in [-0.3, -0.25) is 0 Å². The predicted octanol–water partition coefficient (Wildman–Crippen LogP) is 6.87. The van der Waals surface area contributed by atoms with Gasteiger partial charge in [0.25, 0.3) is 0 Å². The van der Waals surface area contributed by atoms with Crippen LogP contribution in [0.5, 0.6) is 0 Å². The third-order valence-corrected chi connectivity index (χ3v) is 15.8. The van der Waals surface area contributed by atoms with E-state index in [2.05, 4.69) is 95.3 Å². The summed E-state index contributed by atoms with van der Waals surface area (Å²) in [5, 5.41) is 0. The molecule has 0 atom stereocenters. The second-order valence-electron chi connectivity index (χ2n) is 7.55. The van der Waals surface area contributed by atoms with Crippen LogP contribution in [0.1, 0.15) is 45.7 Å². The average molecular weight is 409 g/mol. The average Bonchev–Trinajstić information content (AvgIpc) is 2.79. The van der Waals surface area contributed by atoms with Gasteiger partial charge in [-0.25, -0.2) is 0 Å². The summed E-state index contributed by atoms with van der Waals surface area (Å²) in [5.74, 6) is 0. The molecule has 2 aromatic rings. The van der Waals surface area contributed by atoms with Gasteiger partial charge in [-0.05, 0) is 0 Å². The van der Waals surface area contributed by atoms with Gasteiger partial charge in [0.2, 0.25) is 0 Å². The molecule has 0 fully saturated rings. The van der Waals surface area contributed by atoms with Crippen molar-refractivity contribution in [1.29, 1.82) is 0 Å². The number of benzene rings is 2. The molecule has 129 valence electrons. The van der Waals surface area contributed by atoms with E-state index < -0.39 is 21.8 Å². The van der Waals surface area contributed by atoms with E-state index in [-0.39, 0.29) is 0 Å². The minimum atomic E-state index is -1.88. The van der Waals surface area contributed by atoms with E-state index >= 15 is 0 Å². The van der Waals surface area contributed by atoms with Crippen LogP contribution in [-0.2, 0) is 30.0 Å². The Bertz CT molecular complexity index is 731. The molecule has 0 amide bonds. The van der Waals surface area contributed by atoms with Crippen LogP contribution in [0.2, 0.25) is 3.12 Å². The van der Waals surface area contributed by atoms with Crippen molar-refractivity contribution in [2.24, 2.45) is 0 Å². The SMILES string of the molecule is CC1=C(C)[C](C)([Zr]([CH2]c2ccccc2)[CH2]c2ccccc2)C(C)=C1C. The quantitative estimate of drug-likeness (QED) is 0.506. The Morgan fingerprint density at radius 1 is 0.640 bits per heavy atom. The molecule has 0 saturated heterocycles. The van der Waals surface area contributed by atoms with E-state index in [9.17, 15) is 0 Å². The fraction of sp³-hybridized carbons (Fsp3) is 0.333. The minimum absolute atomic E-state index is 0.335. The Kier molecular flexibility index (Phi) is 5.64. The zero-order chi connectivity index (χ0) is 18.0. The van der Waals surface area contributed by atoms with E-state index in [4.69, 9.17) is 0 Å². The molecule has 1 aliphatic rings. The van der Waals surface area contributed by atoms with Crippen molar-refractivity contribution >= 4 is 0 Å². The van der Waals surface area contributed by atoms with Crippen molar-refractivity contribution < 1.29 is 21.8 Å². The van der Waals surface area contributed by atoms with Gasteiger partial charge >= 0.3 is 162 Å². The molecule has 0 unspecified atom stereocenters. The zero-order valence-corrected chi connectivity index (χ0v) is 18.6. The second-order valence-corrected chi connectivity index (χ2v) is 14.7. The first kappa shape index (κ1) is 18.6. The molecular weight excluding hydrogens is 379 g/mol. The summed E-state index contributed by atoms with van der Waals surface area (Å²) >= 11 is -1.88. The first-order chi connectivity index (χ1) is 11.9. The van der Waals surface area contributed by atoms with Crippen molar-refractivity contribution in [1.82, 2.24) is 0 Å². The third-order valence-electron chi connectivity index (χ3n) is 6.42. The van der Waals surface area contributed by atoms with Crippen LogP contribution in [0.3, 0.4) is 0 Å². The normalized spacial score (nSPS) is 16.5. The Morgan fingerprint density at radius 2 is 1.00 bits per heavy atom. The fourth-order valence-electron chi connectivity index (χ4n) is 4.22. The summed E-state index contributed by atoms with van der Waals surface area (Å²) in [6, 6.07) is 22.3. The summed E-state index contributed by atoms with van der Waals surface area (Å²) in [7, 11) is 0. The third kappa shape index (κ3) is 3.54. The summed E-state index contributed by atoms with van der Waals surface area (Å²) in [5.41, 5.74) is 9.42. The van der Waals surface area contributed by atoms with Crippen LogP contribution in [0.4, 0.5) is 0 Å². The summed E-state index contributed by atoms with van der Waals surface area (Å²) in [6.45, 7) is 12.0. The van der Waals surface area contributed by atoms with Crippen LogP contribution in [0.25, 0.3) is 0 Å². The van der Waals surface area contributed by atoms with Crippen LogP contribution in [-0.4, -0.2) is 0 Å². The number of hydrogen-bond acceptors (Lipinski definition) is 0. The summed E-state index contributed by atoms with van der Waals surface area (Å²) in [4.78, 5) is 0. The van der Waals surface area contributed by atoms with Crippen molar-refractivity contribution in [2.45, 2.75) is 46.0 Å². The van der Waals surface area contributed by atoms with Crippen molar-refractivity contribution in [3.05, 3.63) is 94.1 Å². The van der Waals surface area contributed by atoms with Gasteiger partial charge < -0.3 is 0 Å². The van der Waals surface area contributed by atoms with E-state index in [0.717, 1.165) is 0 Å². The Hall–Kier alpha value is -1.20. The van der Waals surface area contributed by atoms with Crippen LogP contribution in [0, 0.1) is 0 Å². The summed E-state index contributed by atoms with van der Waals surface area (Å²) in [6.07, 6.45) is 0. The molecule has 0 spiro atoms. The Balaban J connectivity index is 2.02. The van der Waals surface area contributed by atoms with Gasteiger partial charge in [0.05, 0.1) is 0 Å². The number of allylic oxidation sites excluding steroid dienone is 4. The second kappa shape index (κ2) is 7.59. The monoisotopic (exact) mass is 407 g/mol. The van der Waals surface area contributed by atoms with Gasteiger partial charge in [-0.2, -0.15) is 0 Å². The van der Waals surface area contributed by atoms with Gasteiger partial charge in [0, 0.05) is 0 Å². The van der Waals surface area contributed by atoms with Gasteiger partial charge in [-0.1, -0.05) is 0 Å². The Morgan fingerprint density at radius 3 is 1.36 bits per heavy atom. The van der Waals surface area contributed by atoms with E-state index in [1.54, 1.807) is 22.3 Å². The molecular formula is C24H29Zr. The van der Waals surface area contributed by atoms with E-state index in [1.807, 2.05) is 0 Å². The molecule has 0 bridgehead atoms.